The molecule has 4 heteroatoms. The fourth-order valence-corrected chi connectivity index (χ4v) is 1.54. The molecule has 0 amide bonds. The predicted octanol–water partition coefficient (Wildman–Crippen LogP) is 2.41. The summed E-state index contributed by atoms with van der Waals surface area (Å²) in [6.07, 6.45) is 0. The summed E-state index contributed by atoms with van der Waals surface area (Å²) >= 11 is 0. The first-order valence-corrected chi connectivity index (χ1v) is 5.78. The maximum absolute atomic E-state index is 4.63. The van der Waals surface area contributed by atoms with E-state index in [0.29, 0.717) is 5.92 Å². The Bertz CT molecular complexity index is 360. The van der Waals surface area contributed by atoms with Crippen LogP contribution in [0.3, 0.4) is 0 Å². The molecular formula is C12H22N4. The Morgan fingerprint density at radius 2 is 1.94 bits per heavy atom. The van der Waals surface area contributed by atoms with Crippen LogP contribution in [0.2, 0.25) is 0 Å². The van der Waals surface area contributed by atoms with E-state index in [-0.39, 0.29) is 0 Å². The van der Waals surface area contributed by atoms with E-state index in [1.807, 2.05) is 7.05 Å². The molecule has 0 aliphatic rings. The van der Waals surface area contributed by atoms with Gasteiger partial charge in [-0.1, -0.05) is 13.8 Å². The highest BCUT2D eigenvalue weighted by Gasteiger charge is 2.14. The van der Waals surface area contributed by atoms with Gasteiger partial charge in [0.05, 0.1) is 0 Å². The van der Waals surface area contributed by atoms with Crippen LogP contribution in [0.1, 0.15) is 38.1 Å². The van der Waals surface area contributed by atoms with Crippen molar-refractivity contribution in [3.8, 4) is 0 Å². The molecule has 0 fully saturated rings. The number of aromatic nitrogens is 2. The van der Waals surface area contributed by atoms with Crippen LogP contribution in [0.5, 0.6) is 0 Å². The fraction of sp³-hybridized carbons (Fsp3) is 0.667. The van der Waals surface area contributed by atoms with Crippen LogP contribution >= 0.6 is 0 Å². The SMILES string of the molecule is CCN(C)c1nc(C(C)C)nc(NC)c1C. The van der Waals surface area contributed by atoms with Gasteiger partial charge in [0, 0.05) is 32.1 Å². The summed E-state index contributed by atoms with van der Waals surface area (Å²) in [5, 5.41) is 3.13. The van der Waals surface area contributed by atoms with Crippen molar-refractivity contribution in [2.24, 2.45) is 0 Å². The van der Waals surface area contributed by atoms with Gasteiger partial charge >= 0.3 is 0 Å². The summed E-state index contributed by atoms with van der Waals surface area (Å²) in [4.78, 5) is 11.3. The molecule has 1 rings (SSSR count). The van der Waals surface area contributed by atoms with E-state index < -0.39 is 0 Å². The zero-order valence-corrected chi connectivity index (χ0v) is 11.1. The first kappa shape index (κ1) is 12.7. The standard InChI is InChI=1S/C12H22N4/c1-7-16(6)12-9(4)11(13-5)14-10(15-12)8(2)3/h8H,7H2,1-6H3,(H,13,14,15). The molecule has 0 aliphatic heterocycles. The van der Waals surface area contributed by atoms with Crippen molar-refractivity contribution in [1.29, 1.82) is 0 Å². The van der Waals surface area contributed by atoms with Gasteiger partial charge in [-0.05, 0) is 13.8 Å². The third-order valence-electron chi connectivity index (χ3n) is 2.73. The number of nitrogens with one attached hydrogen (secondary N) is 1. The molecule has 16 heavy (non-hydrogen) atoms. The Labute approximate surface area is 98.1 Å². The van der Waals surface area contributed by atoms with Crippen LogP contribution in [0.4, 0.5) is 11.6 Å². The van der Waals surface area contributed by atoms with Crippen molar-refractivity contribution in [2.75, 3.05) is 30.9 Å². The van der Waals surface area contributed by atoms with E-state index in [0.717, 1.165) is 29.6 Å². The molecule has 0 unspecified atom stereocenters. The Morgan fingerprint density at radius 3 is 2.38 bits per heavy atom. The molecule has 0 bridgehead atoms. The van der Waals surface area contributed by atoms with E-state index in [9.17, 15) is 0 Å². The van der Waals surface area contributed by atoms with Crippen LogP contribution in [0, 0.1) is 6.92 Å². The zero-order valence-electron chi connectivity index (χ0n) is 11.1. The van der Waals surface area contributed by atoms with Gasteiger partial charge in [-0.15, -0.1) is 0 Å². The molecule has 0 radical (unpaired) electrons. The highest BCUT2D eigenvalue weighted by atomic mass is 15.2. The summed E-state index contributed by atoms with van der Waals surface area (Å²) in [6, 6.07) is 0. The maximum atomic E-state index is 4.63. The Balaban J connectivity index is 3.29. The minimum Gasteiger partial charge on any atom is -0.373 e. The second-order valence-corrected chi connectivity index (χ2v) is 4.30. The normalized spacial score (nSPS) is 10.7. The van der Waals surface area contributed by atoms with Crippen LogP contribution in [0.25, 0.3) is 0 Å². The second-order valence-electron chi connectivity index (χ2n) is 4.30. The van der Waals surface area contributed by atoms with Gasteiger partial charge in [0.2, 0.25) is 0 Å². The quantitative estimate of drug-likeness (QED) is 0.849. The summed E-state index contributed by atoms with van der Waals surface area (Å²) in [6.45, 7) is 9.34. The molecule has 0 atom stereocenters. The van der Waals surface area contributed by atoms with Gasteiger partial charge in [0.25, 0.3) is 0 Å². The molecule has 90 valence electrons. The average Bonchev–Trinajstić information content (AvgIpc) is 2.28. The molecule has 0 aromatic carbocycles. The number of hydrogen-bond acceptors (Lipinski definition) is 4. The van der Waals surface area contributed by atoms with Crippen molar-refractivity contribution >= 4 is 11.6 Å². The van der Waals surface area contributed by atoms with E-state index in [1.54, 1.807) is 0 Å². The first-order chi connectivity index (χ1) is 7.51. The smallest absolute Gasteiger partial charge is 0.137 e. The number of nitrogens with zero attached hydrogens (tertiary/aromatic N) is 3. The minimum atomic E-state index is 0.344. The van der Waals surface area contributed by atoms with Crippen molar-refractivity contribution in [3.63, 3.8) is 0 Å². The first-order valence-electron chi connectivity index (χ1n) is 5.78. The fourth-order valence-electron chi connectivity index (χ4n) is 1.54. The third-order valence-corrected chi connectivity index (χ3v) is 2.73. The highest BCUT2D eigenvalue weighted by molar-refractivity contribution is 5.58. The molecule has 1 heterocycles. The predicted molar refractivity (Wildman–Crippen MR) is 69.3 cm³/mol. The van der Waals surface area contributed by atoms with E-state index >= 15 is 0 Å². The van der Waals surface area contributed by atoms with Crippen molar-refractivity contribution in [2.45, 2.75) is 33.6 Å². The highest BCUT2D eigenvalue weighted by Crippen LogP contribution is 2.24. The lowest BCUT2D eigenvalue weighted by Crippen LogP contribution is -2.20. The summed E-state index contributed by atoms with van der Waals surface area (Å²) in [5.41, 5.74) is 1.11. The Morgan fingerprint density at radius 1 is 1.31 bits per heavy atom. The van der Waals surface area contributed by atoms with Crippen molar-refractivity contribution in [3.05, 3.63) is 11.4 Å². The van der Waals surface area contributed by atoms with Gasteiger partial charge in [-0.2, -0.15) is 0 Å². The third kappa shape index (κ3) is 2.43. The number of hydrogen-bond donors (Lipinski definition) is 1. The summed E-state index contributed by atoms with van der Waals surface area (Å²) in [5.74, 6) is 3.18. The topological polar surface area (TPSA) is 41.1 Å². The number of rotatable bonds is 4. The molecule has 1 N–H and O–H groups in total. The van der Waals surface area contributed by atoms with Crippen LogP contribution in [-0.4, -0.2) is 30.6 Å². The molecule has 4 nitrogen and oxygen atoms in total. The van der Waals surface area contributed by atoms with Gasteiger partial charge < -0.3 is 10.2 Å². The van der Waals surface area contributed by atoms with E-state index in [4.69, 9.17) is 0 Å². The lowest BCUT2D eigenvalue weighted by Gasteiger charge is -2.21. The Kier molecular flexibility index (Phi) is 4.10. The maximum Gasteiger partial charge on any atom is 0.137 e. The molecule has 1 aromatic heterocycles. The van der Waals surface area contributed by atoms with Gasteiger partial charge in [0.15, 0.2) is 0 Å². The zero-order chi connectivity index (χ0) is 12.3. The van der Waals surface area contributed by atoms with Gasteiger partial charge in [0.1, 0.15) is 17.5 Å². The molecular weight excluding hydrogens is 200 g/mol. The molecule has 0 spiro atoms. The summed E-state index contributed by atoms with van der Waals surface area (Å²) in [7, 11) is 3.95. The average molecular weight is 222 g/mol. The minimum absolute atomic E-state index is 0.344. The molecule has 1 aromatic rings. The number of anilines is 2. The largest absolute Gasteiger partial charge is 0.373 e. The lowest BCUT2D eigenvalue weighted by atomic mass is 10.2. The second kappa shape index (κ2) is 5.14. The van der Waals surface area contributed by atoms with Gasteiger partial charge in [-0.25, -0.2) is 9.97 Å². The van der Waals surface area contributed by atoms with Crippen LogP contribution < -0.4 is 10.2 Å². The Hall–Kier alpha value is -1.32. The van der Waals surface area contributed by atoms with E-state index in [1.165, 1.54) is 0 Å². The van der Waals surface area contributed by atoms with Crippen LogP contribution in [-0.2, 0) is 0 Å². The lowest BCUT2D eigenvalue weighted by molar-refractivity contribution is 0.763. The molecule has 0 saturated carbocycles. The molecule has 0 saturated heterocycles. The summed E-state index contributed by atoms with van der Waals surface area (Å²) < 4.78 is 0. The monoisotopic (exact) mass is 222 g/mol. The van der Waals surface area contributed by atoms with Crippen molar-refractivity contribution < 1.29 is 0 Å². The van der Waals surface area contributed by atoms with Crippen molar-refractivity contribution in [1.82, 2.24) is 9.97 Å². The van der Waals surface area contributed by atoms with E-state index in [2.05, 4.69) is 54.9 Å². The molecule has 0 aliphatic carbocycles. The van der Waals surface area contributed by atoms with Crippen LogP contribution in [0.15, 0.2) is 0 Å². The van der Waals surface area contributed by atoms with Gasteiger partial charge in [-0.3, -0.25) is 0 Å².